The van der Waals surface area contributed by atoms with E-state index in [4.69, 9.17) is 4.74 Å². The number of sulfonamides is 1. The van der Waals surface area contributed by atoms with Crippen molar-refractivity contribution in [1.82, 2.24) is 0 Å². The van der Waals surface area contributed by atoms with Crippen molar-refractivity contribution in [2.45, 2.75) is 56.6 Å². The highest BCUT2D eigenvalue weighted by molar-refractivity contribution is 7.92. The number of hydrogen-bond donors (Lipinski definition) is 2. The minimum Gasteiger partial charge on any atom is -0.378 e. The predicted molar refractivity (Wildman–Crippen MR) is 119 cm³/mol. The third kappa shape index (κ3) is 4.99. The van der Waals surface area contributed by atoms with E-state index in [-0.39, 0.29) is 22.7 Å². The van der Waals surface area contributed by atoms with Crippen LogP contribution in [0.3, 0.4) is 0 Å². The maximum Gasteiger partial charge on any atom is 0.293 e. The van der Waals surface area contributed by atoms with Crippen LogP contribution in [0.5, 0.6) is 0 Å². The van der Waals surface area contributed by atoms with Crippen LogP contribution in [0.25, 0.3) is 0 Å². The first kappa shape index (κ1) is 21.6. The average molecular weight is 446 g/mol. The average Bonchev–Trinajstić information content (AvgIpc) is 3.56. The monoisotopic (exact) mass is 445 g/mol. The molecule has 1 aliphatic carbocycles. The van der Waals surface area contributed by atoms with Crippen molar-refractivity contribution in [3.8, 4) is 0 Å². The maximum absolute atomic E-state index is 12.9. The van der Waals surface area contributed by atoms with Crippen molar-refractivity contribution < 1.29 is 18.1 Å². The Kier molecular flexibility index (Phi) is 5.90. The highest BCUT2D eigenvalue weighted by atomic mass is 32.2. The Morgan fingerprint density at radius 1 is 1.06 bits per heavy atom. The van der Waals surface area contributed by atoms with Gasteiger partial charge in [-0.05, 0) is 69.2 Å². The second-order valence-electron chi connectivity index (χ2n) is 8.47. The maximum atomic E-state index is 12.9. The Hall–Kier alpha value is -2.65. The molecule has 0 bridgehead atoms. The first-order chi connectivity index (χ1) is 14.7. The third-order valence-electron chi connectivity index (χ3n) is 5.92. The fourth-order valence-corrected chi connectivity index (χ4v) is 5.21. The van der Waals surface area contributed by atoms with Gasteiger partial charge in [0, 0.05) is 18.7 Å². The molecule has 0 spiro atoms. The number of nitrogens with one attached hydrogen (secondary N) is 2. The topological polar surface area (TPSA) is 111 Å². The largest absolute Gasteiger partial charge is 0.378 e. The molecule has 2 fully saturated rings. The van der Waals surface area contributed by atoms with E-state index in [0.717, 1.165) is 30.0 Å². The number of ether oxygens (including phenoxy) is 1. The molecule has 2 N–H and O–H groups in total. The van der Waals surface area contributed by atoms with Crippen molar-refractivity contribution >= 4 is 27.1 Å². The van der Waals surface area contributed by atoms with Gasteiger partial charge in [-0.1, -0.05) is 17.7 Å². The van der Waals surface area contributed by atoms with Gasteiger partial charge in [-0.3, -0.25) is 14.8 Å². The van der Waals surface area contributed by atoms with Crippen LogP contribution in [0.15, 0.2) is 41.3 Å². The lowest BCUT2D eigenvalue weighted by Crippen LogP contribution is -2.35. The lowest BCUT2D eigenvalue weighted by atomic mass is 9.99. The van der Waals surface area contributed by atoms with Crippen LogP contribution in [0, 0.1) is 29.9 Å². The van der Waals surface area contributed by atoms with Crippen LogP contribution < -0.4 is 10.0 Å². The molecule has 1 heterocycles. The van der Waals surface area contributed by atoms with E-state index in [9.17, 15) is 18.5 Å². The lowest BCUT2D eigenvalue weighted by molar-refractivity contribution is -0.384. The van der Waals surface area contributed by atoms with Crippen LogP contribution in [0.2, 0.25) is 0 Å². The van der Waals surface area contributed by atoms with Crippen molar-refractivity contribution in [2.75, 3.05) is 16.6 Å². The predicted octanol–water partition coefficient (Wildman–Crippen LogP) is 4.38. The summed E-state index contributed by atoms with van der Waals surface area (Å²) < 4.78 is 34.1. The Balaban J connectivity index is 1.55. The zero-order valence-electron chi connectivity index (χ0n) is 17.6. The fourth-order valence-electron chi connectivity index (χ4n) is 4.06. The van der Waals surface area contributed by atoms with Gasteiger partial charge in [-0.2, -0.15) is 0 Å². The normalized spacial score (nSPS) is 21.5. The number of hydrogen-bond acceptors (Lipinski definition) is 6. The Morgan fingerprint density at radius 2 is 1.81 bits per heavy atom. The van der Waals surface area contributed by atoms with Gasteiger partial charge in [0.2, 0.25) is 0 Å². The van der Waals surface area contributed by atoms with Crippen molar-refractivity contribution in [3.63, 3.8) is 0 Å². The molecule has 2 atom stereocenters. The van der Waals surface area contributed by atoms with Crippen LogP contribution in [-0.4, -0.2) is 32.1 Å². The van der Waals surface area contributed by atoms with E-state index < -0.39 is 14.9 Å². The molecule has 31 heavy (non-hydrogen) atoms. The summed E-state index contributed by atoms with van der Waals surface area (Å²) in [7, 11) is -3.97. The fraction of sp³-hybridized carbons (Fsp3) is 0.455. The molecule has 0 aromatic heterocycles. The van der Waals surface area contributed by atoms with Gasteiger partial charge >= 0.3 is 0 Å². The number of nitro benzene ring substituents is 1. The molecule has 1 saturated carbocycles. The van der Waals surface area contributed by atoms with E-state index in [1.54, 1.807) is 6.07 Å². The second kappa shape index (κ2) is 8.47. The lowest BCUT2D eigenvalue weighted by Gasteiger charge is -2.30. The molecule has 2 aliphatic rings. The van der Waals surface area contributed by atoms with Crippen LogP contribution in [-0.2, 0) is 14.8 Å². The molecule has 0 amide bonds. The number of aryl methyl sites for hydroxylation is 2. The Bertz CT molecular complexity index is 1100. The van der Waals surface area contributed by atoms with Gasteiger partial charge in [0.15, 0.2) is 0 Å². The summed E-state index contributed by atoms with van der Waals surface area (Å²) in [5.74, 6) is 0.600. The molecule has 2 aromatic carbocycles. The summed E-state index contributed by atoms with van der Waals surface area (Å²) in [5, 5.41) is 15.0. The van der Waals surface area contributed by atoms with Gasteiger partial charge < -0.3 is 10.1 Å². The molecule has 9 heteroatoms. The Morgan fingerprint density at radius 3 is 2.48 bits per heavy atom. The van der Waals surface area contributed by atoms with Crippen LogP contribution >= 0.6 is 0 Å². The summed E-state index contributed by atoms with van der Waals surface area (Å²) in [6, 6.07) is 9.43. The first-order valence-corrected chi connectivity index (χ1v) is 12.0. The number of nitro groups is 1. The standard InChI is InChI=1S/C22H27N3O5S/c1-14-3-7-19(15(2)11-14)24-31(28,29)18-6-8-20(21(13-18)25(26)27)23-17-9-10-30-22(12-17)16-4-5-16/h3,6-8,11,13,16-17,22-24H,4-5,9-10,12H2,1-2H3. The van der Waals surface area contributed by atoms with Gasteiger partial charge in [0.25, 0.3) is 15.7 Å². The van der Waals surface area contributed by atoms with Gasteiger partial charge in [-0.15, -0.1) is 0 Å². The van der Waals surface area contributed by atoms with Crippen molar-refractivity contribution in [1.29, 1.82) is 0 Å². The molecule has 1 aliphatic heterocycles. The number of anilines is 2. The van der Waals surface area contributed by atoms with Crippen LogP contribution in [0.1, 0.15) is 36.8 Å². The van der Waals surface area contributed by atoms with Gasteiger partial charge in [0.1, 0.15) is 5.69 Å². The van der Waals surface area contributed by atoms with E-state index in [2.05, 4.69) is 10.0 Å². The minimum absolute atomic E-state index is 0.0637. The first-order valence-electron chi connectivity index (χ1n) is 10.5. The number of nitrogens with zero attached hydrogens (tertiary/aromatic N) is 1. The highest BCUT2D eigenvalue weighted by Gasteiger charge is 2.36. The molecule has 0 radical (unpaired) electrons. The molecule has 1 saturated heterocycles. The summed E-state index contributed by atoms with van der Waals surface area (Å²) in [6.45, 7) is 4.35. The molecular formula is C22H27N3O5S. The van der Waals surface area contributed by atoms with E-state index >= 15 is 0 Å². The van der Waals surface area contributed by atoms with Crippen molar-refractivity contribution in [2.24, 2.45) is 5.92 Å². The molecule has 2 aromatic rings. The van der Waals surface area contributed by atoms with Gasteiger partial charge in [-0.25, -0.2) is 8.42 Å². The minimum atomic E-state index is -3.97. The number of rotatable bonds is 7. The zero-order valence-corrected chi connectivity index (χ0v) is 18.4. The van der Waals surface area contributed by atoms with Crippen LogP contribution in [0.4, 0.5) is 17.1 Å². The zero-order chi connectivity index (χ0) is 22.2. The SMILES string of the molecule is Cc1ccc(NS(=O)(=O)c2ccc(NC3CCOC(C4CC4)C3)c([N+](=O)[O-])c2)c(C)c1. The smallest absolute Gasteiger partial charge is 0.293 e. The Labute approximate surface area is 182 Å². The third-order valence-corrected chi connectivity index (χ3v) is 7.29. The second-order valence-corrected chi connectivity index (χ2v) is 10.2. The van der Waals surface area contributed by atoms with E-state index in [1.807, 2.05) is 26.0 Å². The summed E-state index contributed by atoms with van der Waals surface area (Å²) in [4.78, 5) is 11.0. The molecule has 8 nitrogen and oxygen atoms in total. The quantitative estimate of drug-likeness (QED) is 0.483. The molecule has 4 rings (SSSR count). The molecular weight excluding hydrogens is 418 g/mol. The summed E-state index contributed by atoms with van der Waals surface area (Å²) >= 11 is 0. The highest BCUT2D eigenvalue weighted by Crippen LogP contribution is 2.39. The van der Waals surface area contributed by atoms with E-state index in [0.29, 0.717) is 23.9 Å². The summed E-state index contributed by atoms with van der Waals surface area (Å²) in [5.41, 5.74) is 2.32. The summed E-state index contributed by atoms with van der Waals surface area (Å²) in [6.07, 6.45) is 4.12. The van der Waals surface area contributed by atoms with Gasteiger partial charge in [0.05, 0.1) is 21.6 Å². The molecule has 2 unspecified atom stereocenters. The number of benzene rings is 2. The molecule has 166 valence electrons. The van der Waals surface area contributed by atoms with E-state index in [1.165, 1.54) is 25.0 Å². The van der Waals surface area contributed by atoms with Crippen molar-refractivity contribution in [3.05, 3.63) is 57.6 Å².